The van der Waals surface area contributed by atoms with Crippen LogP contribution in [0, 0.1) is 6.92 Å². The minimum absolute atomic E-state index is 0.241. The topological polar surface area (TPSA) is 41.1 Å². The molecule has 6 heteroatoms. The van der Waals surface area contributed by atoms with E-state index in [4.69, 9.17) is 35.4 Å². The second-order valence-corrected chi connectivity index (χ2v) is 6.22. The standard InChI is InChI=1S/C17H16Cl2N2OS/c1-3-11-6-4-5-10(2)15(11)20-17(23)21-16(22)12-7-8-13(18)14(19)9-12/h4-9H,3H2,1-2H3,(H2,20,21,22,23). The summed E-state index contributed by atoms with van der Waals surface area (Å²) < 4.78 is 0. The summed E-state index contributed by atoms with van der Waals surface area (Å²) in [6.45, 7) is 4.06. The zero-order valence-electron chi connectivity index (χ0n) is 12.7. The molecule has 0 radical (unpaired) electrons. The number of amides is 1. The smallest absolute Gasteiger partial charge is 0.257 e. The monoisotopic (exact) mass is 366 g/mol. The van der Waals surface area contributed by atoms with Gasteiger partial charge >= 0.3 is 0 Å². The molecule has 0 unspecified atom stereocenters. The average Bonchev–Trinajstić information content (AvgIpc) is 2.51. The van der Waals surface area contributed by atoms with Gasteiger partial charge in [-0.1, -0.05) is 48.3 Å². The minimum Gasteiger partial charge on any atom is -0.332 e. The molecule has 2 aromatic rings. The van der Waals surface area contributed by atoms with Crippen molar-refractivity contribution in [3.63, 3.8) is 0 Å². The second-order valence-electron chi connectivity index (χ2n) is 5.00. The molecule has 0 fully saturated rings. The lowest BCUT2D eigenvalue weighted by Crippen LogP contribution is -2.34. The SMILES string of the molecule is CCc1cccc(C)c1NC(=S)NC(=O)c1ccc(Cl)c(Cl)c1. The molecular formula is C17H16Cl2N2OS. The van der Waals surface area contributed by atoms with Crippen LogP contribution in [0.2, 0.25) is 10.0 Å². The highest BCUT2D eigenvalue weighted by Gasteiger charge is 2.11. The summed E-state index contributed by atoms with van der Waals surface area (Å²) in [6.07, 6.45) is 0.868. The number of hydrogen-bond acceptors (Lipinski definition) is 2. The van der Waals surface area contributed by atoms with Crippen LogP contribution in [0.4, 0.5) is 5.69 Å². The summed E-state index contributed by atoms with van der Waals surface area (Å²) in [7, 11) is 0. The quantitative estimate of drug-likeness (QED) is 0.751. The first-order valence-electron chi connectivity index (χ1n) is 7.08. The molecular weight excluding hydrogens is 351 g/mol. The van der Waals surface area contributed by atoms with Gasteiger partial charge in [-0.15, -0.1) is 0 Å². The molecule has 23 heavy (non-hydrogen) atoms. The molecule has 2 aromatic carbocycles. The lowest BCUT2D eigenvalue weighted by Gasteiger charge is -2.15. The predicted molar refractivity (Wildman–Crippen MR) is 101 cm³/mol. The summed E-state index contributed by atoms with van der Waals surface area (Å²) in [5, 5.41) is 6.71. The fourth-order valence-corrected chi connectivity index (χ4v) is 2.65. The minimum atomic E-state index is -0.340. The van der Waals surface area contributed by atoms with Crippen LogP contribution < -0.4 is 10.6 Å². The molecule has 3 nitrogen and oxygen atoms in total. The van der Waals surface area contributed by atoms with Crippen LogP contribution in [0.3, 0.4) is 0 Å². The first-order chi connectivity index (χ1) is 10.9. The van der Waals surface area contributed by atoms with Crippen molar-refractivity contribution in [3.8, 4) is 0 Å². The highest BCUT2D eigenvalue weighted by molar-refractivity contribution is 7.80. The zero-order valence-corrected chi connectivity index (χ0v) is 15.1. The molecule has 0 aliphatic heterocycles. The van der Waals surface area contributed by atoms with Crippen LogP contribution in [0.25, 0.3) is 0 Å². The highest BCUT2D eigenvalue weighted by atomic mass is 35.5. The maximum absolute atomic E-state index is 12.2. The van der Waals surface area contributed by atoms with Crippen molar-refractivity contribution in [1.82, 2.24) is 5.32 Å². The van der Waals surface area contributed by atoms with Gasteiger partial charge < -0.3 is 5.32 Å². The third-order valence-corrected chi connectivity index (χ3v) is 4.33. The van der Waals surface area contributed by atoms with E-state index in [9.17, 15) is 4.79 Å². The van der Waals surface area contributed by atoms with Crippen LogP contribution >= 0.6 is 35.4 Å². The number of carbonyl (C=O) groups excluding carboxylic acids is 1. The maximum atomic E-state index is 12.2. The number of benzene rings is 2. The Labute approximate surface area is 151 Å². The third-order valence-electron chi connectivity index (χ3n) is 3.39. The van der Waals surface area contributed by atoms with E-state index < -0.39 is 0 Å². The number of rotatable bonds is 3. The largest absolute Gasteiger partial charge is 0.332 e. The van der Waals surface area contributed by atoms with Gasteiger partial charge in [0, 0.05) is 11.3 Å². The number of anilines is 1. The lowest BCUT2D eigenvalue weighted by molar-refractivity contribution is 0.0977. The molecule has 0 saturated heterocycles. The lowest BCUT2D eigenvalue weighted by atomic mass is 10.1. The van der Waals surface area contributed by atoms with E-state index in [2.05, 4.69) is 17.6 Å². The molecule has 0 bridgehead atoms. The summed E-state index contributed by atoms with van der Waals surface area (Å²) >= 11 is 17.0. The first kappa shape index (κ1) is 17.7. The zero-order chi connectivity index (χ0) is 17.0. The van der Waals surface area contributed by atoms with E-state index in [1.807, 2.05) is 25.1 Å². The van der Waals surface area contributed by atoms with E-state index in [0.717, 1.165) is 23.2 Å². The molecule has 0 aromatic heterocycles. The molecule has 2 rings (SSSR count). The predicted octanol–water partition coefficient (Wildman–Crippen LogP) is 4.99. The number of hydrogen-bond donors (Lipinski definition) is 2. The van der Waals surface area contributed by atoms with E-state index in [-0.39, 0.29) is 11.0 Å². The second kappa shape index (κ2) is 7.77. The summed E-state index contributed by atoms with van der Waals surface area (Å²) in [6, 6.07) is 10.7. The average molecular weight is 367 g/mol. The van der Waals surface area contributed by atoms with Gasteiger partial charge in [-0.3, -0.25) is 10.1 Å². The fourth-order valence-electron chi connectivity index (χ4n) is 2.16. The number of thiocarbonyl (C=S) groups is 1. The van der Waals surface area contributed by atoms with Crippen LogP contribution in [0.1, 0.15) is 28.4 Å². The van der Waals surface area contributed by atoms with E-state index in [0.29, 0.717) is 15.6 Å². The Balaban J connectivity index is 2.10. The Hall–Kier alpha value is -1.62. The van der Waals surface area contributed by atoms with Crippen LogP contribution in [0.5, 0.6) is 0 Å². The van der Waals surface area contributed by atoms with Crippen LogP contribution in [-0.4, -0.2) is 11.0 Å². The number of halogens is 2. The maximum Gasteiger partial charge on any atom is 0.257 e. The van der Waals surface area contributed by atoms with Gasteiger partial charge in [0.15, 0.2) is 5.11 Å². The molecule has 0 atom stereocenters. The molecule has 0 aliphatic carbocycles. The number of carbonyl (C=O) groups is 1. The third kappa shape index (κ3) is 4.44. The van der Waals surface area contributed by atoms with Crippen LogP contribution in [-0.2, 0) is 6.42 Å². The van der Waals surface area contributed by atoms with Gasteiger partial charge in [0.25, 0.3) is 5.91 Å². The van der Waals surface area contributed by atoms with Gasteiger partial charge in [0.2, 0.25) is 0 Å². The molecule has 0 saturated carbocycles. The fraction of sp³-hybridized carbons (Fsp3) is 0.176. The number of para-hydroxylation sites is 1. The Morgan fingerprint density at radius 2 is 1.91 bits per heavy atom. The highest BCUT2D eigenvalue weighted by Crippen LogP contribution is 2.23. The molecule has 0 heterocycles. The molecule has 2 N–H and O–H groups in total. The van der Waals surface area contributed by atoms with E-state index in [1.54, 1.807) is 12.1 Å². The van der Waals surface area contributed by atoms with Crippen molar-refractivity contribution >= 4 is 52.1 Å². The van der Waals surface area contributed by atoms with Crippen molar-refractivity contribution in [2.75, 3.05) is 5.32 Å². The van der Waals surface area contributed by atoms with E-state index in [1.165, 1.54) is 6.07 Å². The Morgan fingerprint density at radius 1 is 1.17 bits per heavy atom. The Kier molecular flexibility index (Phi) is 5.99. The molecule has 120 valence electrons. The summed E-state index contributed by atoms with van der Waals surface area (Å²) in [4.78, 5) is 12.2. The van der Waals surface area contributed by atoms with Gasteiger partial charge in [-0.05, 0) is 54.9 Å². The normalized spacial score (nSPS) is 10.3. The van der Waals surface area contributed by atoms with Gasteiger partial charge in [0.05, 0.1) is 10.0 Å². The van der Waals surface area contributed by atoms with E-state index >= 15 is 0 Å². The van der Waals surface area contributed by atoms with Gasteiger partial charge in [-0.2, -0.15) is 0 Å². The van der Waals surface area contributed by atoms with Gasteiger partial charge in [0.1, 0.15) is 0 Å². The number of aryl methyl sites for hydroxylation is 2. The van der Waals surface area contributed by atoms with Crippen molar-refractivity contribution in [2.24, 2.45) is 0 Å². The van der Waals surface area contributed by atoms with Crippen molar-refractivity contribution in [3.05, 3.63) is 63.1 Å². The molecule has 1 amide bonds. The Bertz CT molecular complexity index is 762. The van der Waals surface area contributed by atoms with Crippen molar-refractivity contribution < 1.29 is 4.79 Å². The molecule has 0 aliphatic rings. The number of nitrogens with one attached hydrogen (secondary N) is 2. The van der Waals surface area contributed by atoms with Crippen molar-refractivity contribution in [1.29, 1.82) is 0 Å². The summed E-state index contributed by atoms with van der Waals surface area (Å²) in [5.74, 6) is -0.340. The van der Waals surface area contributed by atoms with Crippen LogP contribution in [0.15, 0.2) is 36.4 Å². The van der Waals surface area contributed by atoms with Gasteiger partial charge in [-0.25, -0.2) is 0 Å². The summed E-state index contributed by atoms with van der Waals surface area (Å²) in [5.41, 5.74) is 3.52. The first-order valence-corrected chi connectivity index (χ1v) is 8.24. The molecule has 0 spiro atoms. The van der Waals surface area contributed by atoms with Crippen molar-refractivity contribution in [2.45, 2.75) is 20.3 Å². The Morgan fingerprint density at radius 3 is 2.57 bits per heavy atom.